The van der Waals surface area contributed by atoms with E-state index in [1.165, 1.54) is 30.2 Å². The molecule has 1 aliphatic rings. The fraction of sp³-hybridized carbons (Fsp3) is 0.435. The van der Waals surface area contributed by atoms with Crippen LogP contribution in [-0.2, 0) is 17.0 Å². The van der Waals surface area contributed by atoms with Crippen LogP contribution >= 0.6 is 11.8 Å². The largest absolute Gasteiger partial charge is 0.497 e. The number of carbonyl (C=O) groups is 1. The molecule has 0 bridgehead atoms. The number of amides is 1. The zero-order valence-electron chi connectivity index (χ0n) is 17.6. The van der Waals surface area contributed by atoms with Gasteiger partial charge in [-0.2, -0.15) is 0 Å². The first-order chi connectivity index (χ1) is 14.5. The number of nitrogens with one attached hydrogen (secondary N) is 2. The fourth-order valence-corrected chi connectivity index (χ4v) is 4.34. The van der Waals surface area contributed by atoms with Crippen LogP contribution in [0.15, 0.2) is 45.9 Å². The molecule has 6 nitrogen and oxygen atoms in total. The normalized spacial score (nSPS) is 13.6. The molecule has 0 fully saturated rings. The number of H-pyrrole nitrogens is 1. The Morgan fingerprint density at radius 2 is 2.20 bits per heavy atom. The van der Waals surface area contributed by atoms with Gasteiger partial charge in [0.25, 0.3) is 5.56 Å². The van der Waals surface area contributed by atoms with Crippen molar-refractivity contribution in [3.8, 4) is 5.75 Å². The Hall–Kier alpha value is -2.54. The van der Waals surface area contributed by atoms with Crippen molar-refractivity contribution < 1.29 is 9.53 Å². The summed E-state index contributed by atoms with van der Waals surface area (Å²) >= 11 is 1.45. The van der Waals surface area contributed by atoms with E-state index in [0.29, 0.717) is 28.7 Å². The second-order valence-electron chi connectivity index (χ2n) is 7.46. The van der Waals surface area contributed by atoms with Crippen molar-refractivity contribution in [2.24, 2.45) is 0 Å². The first-order valence-corrected chi connectivity index (χ1v) is 11.3. The number of hydrogen-bond acceptors (Lipinski definition) is 5. The van der Waals surface area contributed by atoms with Crippen molar-refractivity contribution in [2.45, 2.75) is 56.4 Å². The van der Waals surface area contributed by atoms with Gasteiger partial charge in [-0.3, -0.25) is 9.59 Å². The lowest BCUT2D eigenvalue weighted by Gasteiger charge is -2.13. The molecule has 0 unspecified atom stereocenters. The Bertz CT molecular complexity index is 968. The summed E-state index contributed by atoms with van der Waals surface area (Å²) in [6.07, 6.45) is 8.00. The standard InChI is InChI=1S/C23H29N3O3S/c1-16-20(14-21(27)24-12-11-17-7-4-3-5-8-17)22(28)26-23(25-16)30-15-18-9-6-10-19(13-18)29-2/h6-7,9-10,13H,3-5,8,11-12,14-15H2,1-2H3,(H,24,27)(H,25,26,28). The third-order valence-corrected chi connectivity index (χ3v) is 6.15. The number of carbonyl (C=O) groups excluding carboxylic acids is 1. The summed E-state index contributed by atoms with van der Waals surface area (Å²) in [5.41, 5.74) is 3.28. The highest BCUT2D eigenvalue weighted by molar-refractivity contribution is 7.98. The summed E-state index contributed by atoms with van der Waals surface area (Å²) in [5, 5.41) is 3.48. The van der Waals surface area contributed by atoms with Gasteiger partial charge in [-0.05, 0) is 56.7 Å². The van der Waals surface area contributed by atoms with Crippen molar-refractivity contribution in [3.05, 3.63) is 63.1 Å². The minimum atomic E-state index is -0.249. The molecule has 1 amide bonds. The SMILES string of the molecule is COc1cccc(CSc2nc(C)c(CC(=O)NCCC3=CCCCC3)c(=O)[nH]2)c1. The summed E-state index contributed by atoms with van der Waals surface area (Å²) in [7, 11) is 1.64. The van der Waals surface area contributed by atoms with Gasteiger partial charge in [-0.25, -0.2) is 4.98 Å². The maximum absolute atomic E-state index is 12.5. The van der Waals surface area contributed by atoms with Gasteiger partial charge in [0.05, 0.1) is 13.5 Å². The molecule has 1 aliphatic carbocycles. The number of benzene rings is 1. The highest BCUT2D eigenvalue weighted by Crippen LogP contribution is 2.22. The van der Waals surface area contributed by atoms with Crippen molar-refractivity contribution in [1.82, 2.24) is 15.3 Å². The summed E-state index contributed by atoms with van der Waals surface area (Å²) in [5.74, 6) is 1.32. The molecule has 0 atom stereocenters. The molecular weight excluding hydrogens is 398 g/mol. The van der Waals surface area contributed by atoms with E-state index in [2.05, 4.69) is 21.4 Å². The number of allylic oxidation sites excluding steroid dienone is 1. The van der Waals surface area contributed by atoms with Crippen LogP contribution in [0.4, 0.5) is 0 Å². The molecule has 1 aromatic carbocycles. The van der Waals surface area contributed by atoms with Gasteiger partial charge in [0.2, 0.25) is 5.91 Å². The molecule has 0 radical (unpaired) electrons. The average molecular weight is 428 g/mol. The second kappa shape index (κ2) is 11.0. The van der Waals surface area contributed by atoms with E-state index in [9.17, 15) is 9.59 Å². The molecule has 7 heteroatoms. The Balaban J connectivity index is 1.53. The maximum atomic E-state index is 12.5. The molecule has 1 aromatic heterocycles. The van der Waals surface area contributed by atoms with E-state index in [-0.39, 0.29) is 17.9 Å². The summed E-state index contributed by atoms with van der Waals surface area (Å²) in [6.45, 7) is 2.39. The lowest BCUT2D eigenvalue weighted by Crippen LogP contribution is -2.30. The quantitative estimate of drug-likeness (QED) is 0.360. The molecular formula is C23H29N3O3S. The van der Waals surface area contributed by atoms with Crippen molar-refractivity contribution in [3.63, 3.8) is 0 Å². The van der Waals surface area contributed by atoms with Gasteiger partial charge in [-0.1, -0.05) is 35.5 Å². The lowest BCUT2D eigenvalue weighted by atomic mass is 9.97. The van der Waals surface area contributed by atoms with Gasteiger partial charge in [0.15, 0.2) is 5.16 Å². The number of thioether (sulfide) groups is 1. The highest BCUT2D eigenvalue weighted by atomic mass is 32.2. The van der Waals surface area contributed by atoms with Crippen LogP contribution in [0.25, 0.3) is 0 Å². The molecule has 0 saturated carbocycles. The molecule has 2 N–H and O–H groups in total. The zero-order valence-corrected chi connectivity index (χ0v) is 18.4. The van der Waals surface area contributed by atoms with E-state index >= 15 is 0 Å². The smallest absolute Gasteiger partial charge is 0.255 e. The summed E-state index contributed by atoms with van der Waals surface area (Å²) in [6, 6.07) is 7.79. The number of nitrogens with zero attached hydrogens (tertiary/aromatic N) is 1. The number of ether oxygens (including phenoxy) is 1. The predicted octanol–water partition coefficient (Wildman–Crippen LogP) is 3.93. The van der Waals surface area contributed by atoms with E-state index in [0.717, 1.165) is 30.6 Å². The number of aromatic nitrogens is 2. The Labute approximate surface area is 181 Å². The molecule has 30 heavy (non-hydrogen) atoms. The third kappa shape index (κ3) is 6.49. The second-order valence-corrected chi connectivity index (χ2v) is 8.42. The number of rotatable bonds is 9. The van der Waals surface area contributed by atoms with Gasteiger partial charge in [0.1, 0.15) is 5.75 Å². The van der Waals surface area contributed by atoms with Crippen LogP contribution in [0.5, 0.6) is 5.75 Å². The van der Waals surface area contributed by atoms with Crippen LogP contribution in [0.3, 0.4) is 0 Å². The summed E-state index contributed by atoms with van der Waals surface area (Å²) < 4.78 is 5.24. The van der Waals surface area contributed by atoms with Gasteiger partial charge < -0.3 is 15.0 Å². The number of aryl methyl sites for hydroxylation is 1. The zero-order chi connectivity index (χ0) is 21.3. The summed E-state index contributed by atoms with van der Waals surface area (Å²) in [4.78, 5) is 32.1. The van der Waals surface area contributed by atoms with E-state index in [1.807, 2.05) is 24.3 Å². The Morgan fingerprint density at radius 3 is 2.93 bits per heavy atom. The van der Waals surface area contributed by atoms with Crippen LogP contribution in [-0.4, -0.2) is 29.5 Å². The first kappa shape index (κ1) is 22.2. The predicted molar refractivity (Wildman–Crippen MR) is 120 cm³/mol. The van der Waals surface area contributed by atoms with Crippen LogP contribution in [0.1, 0.15) is 48.9 Å². The number of aromatic amines is 1. The molecule has 0 aliphatic heterocycles. The van der Waals surface area contributed by atoms with E-state index in [1.54, 1.807) is 14.0 Å². The maximum Gasteiger partial charge on any atom is 0.255 e. The number of hydrogen-bond donors (Lipinski definition) is 2. The van der Waals surface area contributed by atoms with Gasteiger partial charge >= 0.3 is 0 Å². The first-order valence-electron chi connectivity index (χ1n) is 10.4. The van der Waals surface area contributed by atoms with E-state index < -0.39 is 0 Å². The molecule has 160 valence electrons. The minimum Gasteiger partial charge on any atom is -0.497 e. The van der Waals surface area contributed by atoms with Crippen LogP contribution in [0, 0.1) is 6.92 Å². The van der Waals surface area contributed by atoms with Crippen LogP contribution in [0.2, 0.25) is 0 Å². The van der Waals surface area contributed by atoms with Crippen molar-refractivity contribution in [1.29, 1.82) is 0 Å². The topological polar surface area (TPSA) is 84.1 Å². The van der Waals surface area contributed by atoms with Gasteiger partial charge in [0, 0.05) is 23.6 Å². The molecule has 0 saturated heterocycles. The Morgan fingerprint density at radius 1 is 1.33 bits per heavy atom. The fourth-order valence-electron chi connectivity index (χ4n) is 3.49. The van der Waals surface area contributed by atoms with Gasteiger partial charge in [-0.15, -0.1) is 0 Å². The van der Waals surface area contributed by atoms with E-state index in [4.69, 9.17) is 4.74 Å². The van der Waals surface area contributed by atoms with Crippen LogP contribution < -0.4 is 15.6 Å². The highest BCUT2D eigenvalue weighted by Gasteiger charge is 2.13. The molecule has 3 rings (SSSR count). The van der Waals surface area contributed by atoms with Crippen molar-refractivity contribution >= 4 is 17.7 Å². The van der Waals surface area contributed by atoms with Crippen molar-refractivity contribution in [2.75, 3.05) is 13.7 Å². The average Bonchev–Trinajstić information content (AvgIpc) is 2.76. The lowest BCUT2D eigenvalue weighted by molar-refractivity contribution is -0.120. The number of methoxy groups -OCH3 is 1. The minimum absolute atomic E-state index is 0.0496. The molecule has 2 aromatic rings. The third-order valence-electron chi connectivity index (χ3n) is 5.20. The monoisotopic (exact) mass is 427 g/mol. The molecule has 0 spiro atoms. The Kier molecular flexibility index (Phi) is 8.13. The molecule has 1 heterocycles.